The molecule has 0 saturated carbocycles. The summed E-state index contributed by atoms with van der Waals surface area (Å²) in [7, 11) is 0. The molecule has 140 valence electrons. The van der Waals surface area contributed by atoms with Crippen molar-refractivity contribution in [2.45, 2.75) is 39.0 Å². The van der Waals surface area contributed by atoms with Crippen LogP contribution >= 0.6 is 11.6 Å². The average Bonchev–Trinajstić information content (AvgIpc) is 2.65. The Kier molecular flexibility index (Phi) is 8.84. The van der Waals surface area contributed by atoms with Crippen LogP contribution in [-0.2, 0) is 4.79 Å². The van der Waals surface area contributed by atoms with E-state index in [1.165, 1.54) is 25.7 Å². The van der Waals surface area contributed by atoms with Gasteiger partial charge in [0.15, 0.2) is 6.61 Å². The third-order valence-corrected chi connectivity index (χ3v) is 4.09. The highest BCUT2D eigenvalue weighted by atomic mass is 35.5. The van der Waals surface area contributed by atoms with E-state index in [0.29, 0.717) is 16.5 Å². The summed E-state index contributed by atoms with van der Waals surface area (Å²) in [6, 6.07) is 14.3. The second-order valence-corrected chi connectivity index (χ2v) is 6.51. The first-order valence-corrected chi connectivity index (χ1v) is 9.46. The highest BCUT2D eigenvalue weighted by molar-refractivity contribution is 6.30. The summed E-state index contributed by atoms with van der Waals surface area (Å²) in [6.45, 7) is 2.88. The Hall–Kier alpha value is -2.20. The molecule has 0 fully saturated rings. The first kappa shape index (κ1) is 20.1. The fourth-order valence-corrected chi connectivity index (χ4v) is 2.53. The first-order valence-electron chi connectivity index (χ1n) is 9.08. The van der Waals surface area contributed by atoms with Crippen molar-refractivity contribution < 1.29 is 14.3 Å². The van der Waals surface area contributed by atoms with Crippen LogP contribution in [0.4, 0.5) is 5.69 Å². The molecule has 4 nitrogen and oxygen atoms in total. The van der Waals surface area contributed by atoms with Crippen molar-refractivity contribution in [3.8, 4) is 11.5 Å². The minimum atomic E-state index is -0.218. The lowest BCUT2D eigenvalue weighted by molar-refractivity contribution is -0.118. The first-order chi connectivity index (χ1) is 12.7. The van der Waals surface area contributed by atoms with Gasteiger partial charge in [-0.15, -0.1) is 0 Å². The van der Waals surface area contributed by atoms with E-state index in [4.69, 9.17) is 21.1 Å². The molecular weight excluding hydrogens is 350 g/mol. The molecule has 0 aliphatic rings. The highest BCUT2D eigenvalue weighted by Gasteiger charge is 2.04. The Morgan fingerprint density at radius 1 is 0.885 bits per heavy atom. The van der Waals surface area contributed by atoms with Crippen LogP contribution in [0.25, 0.3) is 0 Å². The summed E-state index contributed by atoms with van der Waals surface area (Å²) in [5.74, 6) is 1.20. The van der Waals surface area contributed by atoms with Crippen molar-refractivity contribution in [3.63, 3.8) is 0 Å². The van der Waals surface area contributed by atoms with Crippen LogP contribution < -0.4 is 14.8 Å². The Bertz CT molecular complexity index is 656. The second kappa shape index (κ2) is 11.4. The predicted octanol–water partition coefficient (Wildman–Crippen LogP) is 5.71. The van der Waals surface area contributed by atoms with E-state index in [1.54, 1.807) is 24.3 Å². The van der Waals surface area contributed by atoms with E-state index >= 15 is 0 Å². The third kappa shape index (κ3) is 7.79. The lowest BCUT2D eigenvalue weighted by Gasteiger charge is -2.09. The summed E-state index contributed by atoms with van der Waals surface area (Å²) in [6.07, 6.45) is 6.08. The van der Waals surface area contributed by atoms with E-state index < -0.39 is 0 Å². The van der Waals surface area contributed by atoms with Crippen LogP contribution in [0.2, 0.25) is 5.02 Å². The Morgan fingerprint density at radius 3 is 2.19 bits per heavy atom. The number of carbonyl (C=O) groups excluding carboxylic acids is 1. The molecule has 2 rings (SSSR count). The molecule has 0 heterocycles. The van der Waals surface area contributed by atoms with Gasteiger partial charge in [0, 0.05) is 10.7 Å². The lowest BCUT2D eigenvalue weighted by Crippen LogP contribution is -2.20. The molecule has 2 aromatic rings. The average molecular weight is 376 g/mol. The van der Waals surface area contributed by atoms with Crippen molar-refractivity contribution in [1.29, 1.82) is 0 Å². The van der Waals surface area contributed by atoms with E-state index in [9.17, 15) is 4.79 Å². The number of amides is 1. The monoisotopic (exact) mass is 375 g/mol. The SMILES string of the molecule is CCCCCCCOc1ccc(NC(=O)COc2ccc(Cl)cc2)cc1. The topological polar surface area (TPSA) is 47.6 Å². The standard InChI is InChI=1S/C21H26ClNO3/c1-2-3-4-5-6-15-25-19-13-9-18(10-14-19)23-21(24)16-26-20-11-7-17(22)8-12-20/h7-14H,2-6,15-16H2,1H3,(H,23,24). The van der Waals surface area contributed by atoms with Gasteiger partial charge in [-0.05, 0) is 55.0 Å². The highest BCUT2D eigenvalue weighted by Crippen LogP contribution is 2.17. The van der Waals surface area contributed by atoms with Crippen LogP contribution in [0.3, 0.4) is 0 Å². The normalized spacial score (nSPS) is 10.4. The molecule has 26 heavy (non-hydrogen) atoms. The van der Waals surface area contributed by atoms with Crippen molar-refractivity contribution >= 4 is 23.2 Å². The summed E-state index contributed by atoms with van der Waals surface area (Å²) < 4.78 is 11.1. The van der Waals surface area contributed by atoms with Gasteiger partial charge in [-0.1, -0.05) is 44.2 Å². The number of ether oxygens (including phenoxy) is 2. The lowest BCUT2D eigenvalue weighted by atomic mass is 10.2. The molecule has 0 saturated heterocycles. The van der Waals surface area contributed by atoms with Crippen LogP contribution in [0.15, 0.2) is 48.5 Å². The van der Waals surface area contributed by atoms with E-state index in [1.807, 2.05) is 24.3 Å². The van der Waals surface area contributed by atoms with Crippen molar-refractivity contribution in [2.75, 3.05) is 18.5 Å². The van der Waals surface area contributed by atoms with Gasteiger partial charge < -0.3 is 14.8 Å². The molecule has 0 unspecified atom stereocenters. The molecule has 0 aromatic heterocycles. The molecule has 0 bridgehead atoms. The van der Waals surface area contributed by atoms with Gasteiger partial charge in [0.2, 0.25) is 0 Å². The zero-order chi connectivity index (χ0) is 18.6. The summed E-state index contributed by atoms with van der Waals surface area (Å²) in [4.78, 5) is 11.9. The molecular formula is C21H26ClNO3. The molecule has 0 atom stereocenters. The molecule has 2 aromatic carbocycles. The number of anilines is 1. The predicted molar refractivity (Wildman–Crippen MR) is 106 cm³/mol. The van der Waals surface area contributed by atoms with Gasteiger partial charge in [0.25, 0.3) is 5.91 Å². The number of rotatable bonds is 11. The maximum Gasteiger partial charge on any atom is 0.262 e. The van der Waals surface area contributed by atoms with E-state index in [2.05, 4.69) is 12.2 Å². The molecule has 0 aliphatic carbocycles. The van der Waals surface area contributed by atoms with Gasteiger partial charge >= 0.3 is 0 Å². The van der Waals surface area contributed by atoms with Crippen LogP contribution in [-0.4, -0.2) is 19.1 Å². The van der Waals surface area contributed by atoms with Crippen LogP contribution in [0.1, 0.15) is 39.0 Å². The summed E-state index contributed by atoms with van der Waals surface area (Å²) >= 11 is 5.81. The largest absolute Gasteiger partial charge is 0.494 e. The van der Waals surface area contributed by atoms with Crippen LogP contribution in [0.5, 0.6) is 11.5 Å². The maximum atomic E-state index is 11.9. The van der Waals surface area contributed by atoms with Crippen molar-refractivity contribution in [3.05, 3.63) is 53.6 Å². The molecule has 1 amide bonds. The minimum Gasteiger partial charge on any atom is -0.494 e. The molecule has 0 aliphatic heterocycles. The number of halogens is 1. The fourth-order valence-electron chi connectivity index (χ4n) is 2.41. The number of carbonyl (C=O) groups is 1. The maximum absolute atomic E-state index is 11.9. The zero-order valence-electron chi connectivity index (χ0n) is 15.2. The Labute approximate surface area is 160 Å². The van der Waals surface area contributed by atoms with Gasteiger partial charge in [0.05, 0.1) is 6.61 Å². The van der Waals surface area contributed by atoms with Crippen LogP contribution in [0, 0.1) is 0 Å². The van der Waals surface area contributed by atoms with E-state index in [0.717, 1.165) is 18.8 Å². The van der Waals surface area contributed by atoms with Gasteiger partial charge in [-0.25, -0.2) is 0 Å². The van der Waals surface area contributed by atoms with Crippen molar-refractivity contribution in [2.24, 2.45) is 0 Å². The Morgan fingerprint density at radius 2 is 1.50 bits per heavy atom. The molecule has 5 heteroatoms. The number of hydrogen-bond acceptors (Lipinski definition) is 3. The Balaban J connectivity index is 1.67. The smallest absolute Gasteiger partial charge is 0.262 e. The number of benzene rings is 2. The van der Waals surface area contributed by atoms with Gasteiger partial charge in [-0.3, -0.25) is 4.79 Å². The summed E-state index contributed by atoms with van der Waals surface area (Å²) in [5.41, 5.74) is 0.713. The number of nitrogens with one attached hydrogen (secondary N) is 1. The van der Waals surface area contributed by atoms with Gasteiger partial charge in [0.1, 0.15) is 11.5 Å². The van der Waals surface area contributed by atoms with Gasteiger partial charge in [-0.2, -0.15) is 0 Å². The number of hydrogen-bond donors (Lipinski definition) is 1. The summed E-state index contributed by atoms with van der Waals surface area (Å²) in [5, 5.41) is 3.43. The molecule has 1 N–H and O–H groups in total. The second-order valence-electron chi connectivity index (χ2n) is 6.08. The quantitative estimate of drug-likeness (QED) is 0.512. The van der Waals surface area contributed by atoms with Crippen molar-refractivity contribution in [1.82, 2.24) is 0 Å². The zero-order valence-corrected chi connectivity index (χ0v) is 15.9. The number of unbranched alkanes of at least 4 members (excludes halogenated alkanes) is 4. The molecule has 0 radical (unpaired) electrons. The minimum absolute atomic E-state index is 0.0579. The molecule has 0 spiro atoms. The fraction of sp³-hybridized carbons (Fsp3) is 0.381. The third-order valence-electron chi connectivity index (χ3n) is 3.84. The van der Waals surface area contributed by atoms with E-state index in [-0.39, 0.29) is 12.5 Å².